The molecule has 2 heterocycles. The molecule has 1 fully saturated rings. The van der Waals surface area contributed by atoms with Crippen LogP contribution in [0.5, 0.6) is 0 Å². The van der Waals surface area contributed by atoms with E-state index in [0.717, 1.165) is 31.1 Å². The Balaban J connectivity index is 1.43. The third-order valence-corrected chi connectivity index (χ3v) is 7.26. The van der Waals surface area contributed by atoms with Gasteiger partial charge in [0.2, 0.25) is 11.8 Å². The summed E-state index contributed by atoms with van der Waals surface area (Å²) >= 11 is 0. The Morgan fingerprint density at radius 1 is 1.15 bits per heavy atom. The number of nitrogens with zero attached hydrogens (tertiary/aromatic N) is 2. The highest BCUT2D eigenvalue weighted by molar-refractivity contribution is 7.91. The van der Waals surface area contributed by atoms with Gasteiger partial charge in [0.15, 0.2) is 9.84 Å². The van der Waals surface area contributed by atoms with Crippen molar-refractivity contribution in [2.24, 2.45) is 5.92 Å². The topological polar surface area (TPSA) is 139 Å². The molecule has 1 aromatic heterocycles. The molecule has 0 unspecified atom stereocenters. The van der Waals surface area contributed by atoms with Gasteiger partial charge < -0.3 is 16.0 Å². The summed E-state index contributed by atoms with van der Waals surface area (Å²) in [5, 5.41) is 12.3. The van der Waals surface area contributed by atoms with Gasteiger partial charge in [0, 0.05) is 31.0 Å². The van der Waals surface area contributed by atoms with Gasteiger partial charge in [-0.2, -0.15) is 18.3 Å². The van der Waals surface area contributed by atoms with Crippen molar-refractivity contribution in [3.05, 3.63) is 41.1 Å². The summed E-state index contributed by atoms with van der Waals surface area (Å²) in [5.41, 5.74) is 1.74. The zero-order valence-corrected chi connectivity index (χ0v) is 22.1. The number of fused-ring (bicyclic) bond motifs is 1. The summed E-state index contributed by atoms with van der Waals surface area (Å²) in [6.45, 7) is 0.483. The molecule has 3 N–H and O–H groups in total. The second kappa shape index (κ2) is 11.4. The second-order valence-corrected chi connectivity index (χ2v) is 12.3. The molecule has 212 valence electrons. The normalized spacial score (nSPS) is 17.3. The molecule has 1 aliphatic heterocycles. The van der Waals surface area contributed by atoms with E-state index in [2.05, 4.69) is 21.0 Å². The van der Waals surface area contributed by atoms with E-state index in [0.29, 0.717) is 37.4 Å². The number of amides is 3. The molecule has 0 bridgehead atoms. The Labute approximate surface area is 223 Å². The third-order valence-electron chi connectivity index (χ3n) is 6.48. The number of hydrogen-bond donors (Lipinski definition) is 3. The lowest BCUT2D eigenvalue weighted by Crippen LogP contribution is -2.41. The lowest BCUT2D eigenvalue weighted by molar-refractivity contribution is -0.150. The van der Waals surface area contributed by atoms with Crippen LogP contribution in [0.2, 0.25) is 0 Å². The first kappa shape index (κ1) is 28.6. The number of alkyl halides is 3. The number of carbonyl (C=O) groups excluding carboxylic acids is 3. The number of rotatable bonds is 11. The van der Waals surface area contributed by atoms with E-state index in [4.69, 9.17) is 0 Å². The van der Waals surface area contributed by atoms with Gasteiger partial charge in [0.1, 0.15) is 23.6 Å². The molecule has 4 rings (SSSR count). The minimum Gasteiger partial charge on any atom is -0.349 e. The van der Waals surface area contributed by atoms with Crippen LogP contribution in [0.15, 0.2) is 24.3 Å². The van der Waals surface area contributed by atoms with Crippen LogP contribution in [0.3, 0.4) is 0 Å². The summed E-state index contributed by atoms with van der Waals surface area (Å²) in [6, 6.07) is 6.20. The number of nitrogens with one attached hydrogen (secondary N) is 3. The number of hydrogen-bond acceptors (Lipinski definition) is 6. The Hall–Kier alpha value is -3.42. The molecule has 2 aliphatic rings. The Morgan fingerprint density at radius 2 is 1.90 bits per heavy atom. The van der Waals surface area contributed by atoms with Crippen molar-refractivity contribution in [2.75, 3.05) is 22.6 Å². The first-order valence-corrected chi connectivity index (χ1v) is 14.7. The van der Waals surface area contributed by atoms with Crippen molar-refractivity contribution in [2.45, 2.75) is 63.7 Å². The van der Waals surface area contributed by atoms with Crippen LogP contribution in [0, 0.1) is 5.92 Å². The summed E-state index contributed by atoms with van der Waals surface area (Å²) in [5.74, 6) is -2.27. The maximum Gasteiger partial charge on any atom is 0.397 e. The Morgan fingerprint density at radius 3 is 2.56 bits per heavy atom. The fourth-order valence-electron chi connectivity index (χ4n) is 4.55. The standard InChI is InChI=1S/C25H30F3N5O5S/c1-39(37,38)14-21(35)31-23-22-19(32-33(23)10-9-15-5-6-15)12-18(30-24(22)36)8-7-16-3-2-4-17(11-16)29-20(34)13-25(26,27)28/h2-4,11,15,18H,5-10,12-14H2,1H3,(H,29,34)(H,30,36)(H,31,35)/t18-/m0/s1. The van der Waals surface area contributed by atoms with E-state index in [1.54, 1.807) is 22.9 Å². The maximum atomic E-state index is 13.1. The molecule has 1 aliphatic carbocycles. The number of benzene rings is 1. The summed E-state index contributed by atoms with van der Waals surface area (Å²) < 4.78 is 62.0. The SMILES string of the molecule is CS(=O)(=O)CC(=O)Nc1c2c(nn1CCC1CC1)C[C@H](CCc1cccc(NC(=O)CC(F)(F)F)c1)NC2=O. The lowest BCUT2D eigenvalue weighted by atomic mass is 9.96. The van der Waals surface area contributed by atoms with Gasteiger partial charge in [-0.1, -0.05) is 25.0 Å². The molecule has 1 atom stereocenters. The Kier molecular flexibility index (Phi) is 8.33. The van der Waals surface area contributed by atoms with Crippen LogP contribution in [-0.2, 0) is 38.8 Å². The number of carbonyl (C=O) groups is 3. The van der Waals surface area contributed by atoms with Crippen LogP contribution in [0.1, 0.15) is 53.7 Å². The predicted octanol–water partition coefficient (Wildman–Crippen LogP) is 2.84. The zero-order valence-electron chi connectivity index (χ0n) is 21.3. The molecule has 0 saturated heterocycles. The molecule has 2 aromatic rings. The van der Waals surface area contributed by atoms with E-state index >= 15 is 0 Å². The number of halogens is 3. The minimum absolute atomic E-state index is 0.192. The second-order valence-electron chi connectivity index (χ2n) is 10.2. The third kappa shape index (κ3) is 8.53. The quantitative estimate of drug-likeness (QED) is 0.380. The molecule has 0 spiro atoms. The largest absolute Gasteiger partial charge is 0.397 e. The highest BCUT2D eigenvalue weighted by atomic mass is 32.2. The first-order valence-electron chi connectivity index (χ1n) is 12.6. The number of aromatic nitrogens is 2. The van der Waals surface area contributed by atoms with Crippen LogP contribution in [0.4, 0.5) is 24.7 Å². The van der Waals surface area contributed by atoms with E-state index in [1.807, 2.05) is 0 Å². The summed E-state index contributed by atoms with van der Waals surface area (Å²) in [6.07, 6.45) is -0.794. The molecule has 0 radical (unpaired) electrons. The fourth-order valence-corrected chi connectivity index (χ4v) is 5.10. The molecular formula is C25H30F3N5O5S. The van der Waals surface area contributed by atoms with E-state index in [9.17, 15) is 36.0 Å². The highest BCUT2D eigenvalue weighted by Gasteiger charge is 2.33. The molecule has 1 saturated carbocycles. The van der Waals surface area contributed by atoms with E-state index < -0.39 is 45.9 Å². The smallest absolute Gasteiger partial charge is 0.349 e. The monoisotopic (exact) mass is 569 g/mol. The van der Waals surface area contributed by atoms with Crippen molar-refractivity contribution in [3.63, 3.8) is 0 Å². The maximum absolute atomic E-state index is 13.1. The zero-order chi connectivity index (χ0) is 28.4. The van der Waals surface area contributed by atoms with Crippen LogP contribution in [-0.4, -0.2) is 60.1 Å². The number of sulfone groups is 1. The number of aryl methyl sites for hydroxylation is 2. The van der Waals surface area contributed by atoms with Gasteiger partial charge in [-0.3, -0.25) is 14.4 Å². The van der Waals surface area contributed by atoms with Gasteiger partial charge >= 0.3 is 6.18 Å². The Bertz CT molecular complexity index is 1370. The van der Waals surface area contributed by atoms with E-state index in [-0.39, 0.29) is 23.1 Å². The molecule has 3 amide bonds. The molecule has 1 aromatic carbocycles. The molecular weight excluding hydrogens is 539 g/mol. The van der Waals surface area contributed by atoms with Crippen molar-refractivity contribution < 1.29 is 36.0 Å². The molecule has 10 nitrogen and oxygen atoms in total. The summed E-state index contributed by atoms with van der Waals surface area (Å²) in [4.78, 5) is 37.0. The van der Waals surface area contributed by atoms with Gasteiger partial charge in [-0.25, -0.2) is 13.1 Å². The van der Waals surface area contributed by atoms with Gasteiger partial charge in [0.25, 0.3) is 5.91 Å². The van der Waals surface area contributed by atoms with Crippen molar-refractivity contribution in [3.8, 4) is 0 Å². The van der Waals surface area contributed by atoms with E-state index in [1.165, 1.54) is 6.07 Å². The van der Waals surface area contributed by atoms with Crippen LogP contribution < -0.4 is 16.0 Å². The van der Waals surface area contributed by atoms with Crippen LogP contribution >= 0.6 is 0 Å². The minimum atomic E-state index is -4.60. The highest BCUT2D eigenvalue weighted by Crippen LogP contribution is 2.34. The van der Waals surface area contributed by atoms with Crippen LogP contribution in [0.25, 0.3) is 0 Å². The predicted molar refractivity (Wildman–Crippen MR) is 137 cm³/mol. The molecule has 14 heteroatoms. The van der Waals surface area contributed by atoms with Gasteiger partial charge in [0.05, 0.1) is 5.69 Å². The average molecular weight is 570 g/mol. The first-order chi connectivity index (χ1) is 18.3. The summed E-state index contributed by atoms with van der Waals surface area (Å²) in [7, 11) is -3.57. The average Bonchev–Trinajstić information content (AvgIpc) is 3.55. The fraction of sp³-hybridized carbons (Fsp3) is 0.520. The molecule has 39 heavy (non-hydrogen) atoms. The van der Waals surface area contributed by atoms with Crippen molar-refractivity contribution >= 4 is 39.1 Å². The lowest BCUT2D eigenvalue weighted by Gasteiger charge is -2.23. The van der Waals surface area contributed by atoms with Gasteiger partial charge in [-0.05, 0) is 42.9 Å². The van der Waals surface area contributed by atoms with Crippen molar-refractivity contribution in [1.29, 1.82) is 0 Å². The number of anilines is 2. The van der Waals surface area contributed by atoms with Gasteiger partial charge in [-0.15, -0.1) is 0 Å². The van der Waals surface area contributed by atoms with Crippen molar-refractivity contribution in [1.82, 2.24) is 15.1 Å².